The molecular weight excluding hydrogens is 451 g/mol. The number of nitrogens with zero attached hydrogens (tertiary/aromatic N) is 3. The van der Waals surface area contributed by atoms with Crippen molar-refractivity contribution in [3.8, 4) is 5.75 Å². The van der Waals surface area contributed by atoms with Crippen molar-refractivity contribution >= 4 is 23.2 Å². The highest BCUT2D eigenvalue weighted by molar-refractivity contribution is 7.99. The average Bonchev–Trinajstić information content (AvgIpc) is 3.29. The van der Waals surface area contributed by atoms with Gasteiger partial charge in [0.25, 0.3) is 0 Å². The topological polar surface area (TPSA) is 69.0 Å². The maximum atomic E-state index is 13.1. The van der Waals surface area contributed by atoms with Crippen LogP contribution in [0.1, 0.15) is 67.2 Å². The third-order valence-electron chi connectivity index (χ3n) is 6.14. The van der Waals surface area contributed by atoms with Crippen molar-refractivity contribution in [1.82, 2.24) is 14.8 Å². The van der Waals surface area contributed by atoms with Gasteiger partial charge in [0.15, 0.2) is 16.8 Å². The van der Waals surface area contributed by atoms with E-state index in [1.165, 1.54) is 31.4 Å². The molecule has 0 saturated heterocycles. The molecular formula is C26H31FN4O2S. The lowest BCUT2D eigenvalue weighted by Gasteiger charge is -2.25. The zero-order valence-electron chi connectivity index (χ0n) is 19.5. The molecule has 0 amide bonds. The SMILES string of the molecule is COc1cccc(NCc2nnc(SCCCC(=O)c3ccc(F)cc3)n2C2CCCCC2)c1. The quantitative estimate of drug-likeness (QED) is 0.197. The van der Waals surface area contributed by atoms with Crippen LogP contribution in [0.25, 0.3) is 0 Å². The summed E-state index contributed by atoms with van der Waals surface area (Å²) in [5.74, 6) is 2.23. The van der Waals surface area contributed by atoms with Crippen LogP contribution in [0.4, 0.5) is 10.1 Å². The van der Waals surface area contributed by atoms with Gasteiger partial charge >= 0.3 is 0 Å². The van der Waals surface area contributed by atoms with Gasteiger partial charge in [0.2, 0.25) is 0 Å². The van der Waals surface area contributed by atoms with Crippen molar-refractivity contribution in [2.75, 3.05) is 18.2 Å². The molecule has 0 radical (unpaired) electrons. The van der Waals surface area contributed by atoms with E-state index in [1.54, 1.807) is 31.0 Å². The minimum absolute atomic E-state index is 0.0394. The van der Waals surface area contributed by atoms with E-state index < -0.39 is 0 Å². The van der Waals surface area contributed by atoms with Crippen LogP contribution < -0.4 is 10.1 Å². The number of nitrogens with one attached hydrogen (secondary N) is 1. The first-order valence-electron chi connectivity index (χ1n) is 11.9. The van der Waals surface area contributed by atoms with E-state index in [9.17, 15) is 9.18 Å². The summed E-state index contributed by atoms with van der Waals surface area (Å²) in [6.45, 7) is 0.584. The van der Waals surface area contributed by atoms with Gasteiger partial charge in [-0.25, -0.2) is 4.39 Å². The van der Waals surface area contributed by atoms with Crippen molar-refractivity contribution in [2.24, 2.45) is 0 Å². The van der Waals surface area contributed by atoms with Gasteiger partial charge in [-0.15, -0.1) is 10.2 Å². The molecule has 1 N–H and O–H groups in total. The van der Waals surface area contributed by atoms with E-state index in [4.69, 9.17) is 4.74 Å². The number of ketones is 1. The van der Waals surface area contributed by atoms with Crippen LogP contribution in [-0.4, -0.2) is 33.4 Å². The lowest BCUT2D eigenvalue weighted by Crippen LogP contribution is -2.18. The van der Waals surface area contributed by atoms with Crippen LogP contribution in [-0.2, 0) is 6.54 Å². The molecule has 2 aromatic carbocycles. The van der Waals surface area contributed by atoms with E-state index in [2.05, 4.69) is 20.1 Å². The van der Waals surface area contributed by atoms with Crippen LogP contribution in [0, 0.1) is 5.82 Å². The highest BCUT2D eigenvalue weighted by atomic mass is 32.2. The summed E-state index contributed by atoms with van der Waals surface area (Å²) in [5, 5.41) is 13.4. The zero-order chi connectivity index (χ0) is 23.8. The molecule has 1 aliphatic carbocycles. The van der Waals surface area contributed by atoms with E-state index in [1.807, 2.05) is 24.3 Å². The molecule has 0 unspecified atom stereocenters. The summed E-state index contributed by atoms with van der Waals surface area (Å²) in [6, 6.07) is 14.0. The third kappa shape index (κ3) is 6.38. The van der Waals surface area contributed by atoms with Crippen LogP contribution in [0.5, 0.6) is 5.75 Å². The molecule has 3 aromatic rings. The molecule has 0 aliphatic heterocycles. The third-order valence-corrected chi connectivity index (χ3v) is 7.17. The van der Waals surface area contributed by atoms with Crippen molar-refractivity contribution in [1.29, 1.82) is 0 Å². The van der Waals surface area contributed by atoms with Crippen LogP contribution in [0.15, 0.2) is 53.7 Å². The molecule has 180 valence electrons. The fraction of sp³-hybridized carbons (Fsp3) is 0.423. The average molecular weight is 483 g/mol. The fourth-order valence-electron chi connectivity index (χ4n) is 4.32. The standard InChI is InChI=1S/C26H31FN4O2S/c1-33-23-10-5-7-21(17-23)28-18-25-29-30-26(31(25)22-8-3-2-4-9-22)34-16-6-11-24(32)19-12-14-20(27)15-13-19/h5,7,10,12-15,17,22,28H,2-4,6,8-9,11,16,18H2,1H3. The number of aromatic nitrogens is 3. The highest BCUT2D eigenvalue weighted by Crippen LogP contribution is 2.33. The van der Waals surface area contributed by atoms with Gasteiger partial charge < -0.3 is 14.6 Å². The molecule has 4 rings (SSSR count). The lowest BCUT2D eigenvalue weighted by atomic mass is 9.95. The predicted octanol–water partition coefficient (Wildman–Crippen LogP) is 6.30. The number of halogens is 1. The van der Waals surface area contributed by atoms with Gasteiger partial charge in [-0.05, 0) is 55.7 Å². The fourth-order valence-corrected chi connectivity index (χ4v) is 5.29. The van der Waals surface area contributed by atoms with Gasteiger partial charge in [-0.1, -0.05) is 37.1 Å². The Bertz CT molecular complexity index is 1080. The van der Waals surface area contributed by atoms with Crippen LogP contribution >= 0.6 is 11.8 Å². The highest BCUT2D eigenvalue weighted by Gasteiger charge is 2.23. The monoisotopic (exact) mass is 482 g/mol. The summed E-state index contributed by atoms with van der Waals surface area (Å²) in [6.07, 6.45) is 7.17. The van der Waals surface area contributed by atoms with E-state index in [0.29, 0.717) is 24.6 Å². The molecule has 1 fully saturated rings. The molecule has 8 heteroatoms. The zero-order valence-corrected chi connectivity index (χ0v) is 20.3. The number of rotatable bonds is 11. The van der Waals surface area contributed by atoms with Crippen LogP contribution in [0.2, 0.25) is 0 Å². The molecule has 0 atom stereocenters. The number of Topliss-reactive ketones (excluding diaryl/α,β-unsaturated/α-hetero) is 1. The van der Waals surface area contributed by atoms with Gasteiger partial charge in [-0.2, -0.15) is 0 Å². The van der Waals surface area contributed by atoms with Crippen LogP contribution in [0.3, 0.4) is 0 Å². The number of ether oxygens (including phenoxy) is 1. The van der Waals surface area contributed by atoms with Gasteiger partial charge in [0, 0.05) is 35.5 Å². The number of thioether (sulfide) groups is 1. The summed E-state index contributed by atoms with van der Waals surface area (Å²) in [5.41, 5.74) is 1.54. The Morgan fingerprint density at radius 1 is 1.15 bits per heavy atom. The minimum Gasteiger partial charge on any atom is -0.497 e. The van der Waals surface area contributed by atoms with E-state index >= 15 is 0 Å². The molecule has 6 nitrogen and oxygen atoms in total. The predicted molar refractivity (Wildman–Crippen MR) is 133 cm³/mol. The Morgan fingerprint density at radius 3 is 2.71 bits per heavy atom. The first-order chi connectivity index (χ1) is 16.6. The molecule has 1 heterocycles. The summed E-state index contributed by atoms with van der Waals surface area (Å²) in [4.78, 5) is 12.4. The summed E-state index contributed by atoms with van der Waals surface area (Å²) < 4.78 is 20.7. The lowest BCUT2D eigenvalue weighted by molar-refractivity contribution is 0.0982. The van der Waals surface area contributed by atoms with Gasteiger partial charge in [0.05, 0.1) is 13.7 Å². The number of carbonyl (C=O) groups is 1. The van der Waals surface area contributed by atoms with Gasteiger partial charge in [0.1, 0.15) is 11.6 Å². The maximum absolute atomic E-state index is 13.1. The Morgan fingerprint density at radius 2 is 1.94 bits per heavy atom. The number of anilines is 1. The number of benzene rings is 2. The Hall–Kier alpha value is -2.87. The normalized spacial score (nSPS) is 14.2. The van der Waals surface area contributed by atoms with E-state index in [-0.39, 0.29) is 11.6 Å². The molecule has 0 bridgehead atoms. The first kappa shape index (κ1) is 24.3. The summed E-state index contributed by atoms with van der Waals surface area (Å²) >= 11 is 1.66. The molecule has 1 aromatic heterocycles. The van der Waals surface area contributed by atoms with Crippen molar-refractivity contribution in [3.63, 3.8) is 0 Å². The number of methoxy groups -OCH3 is 1. The maximum Gasteiger partial charge on any atom is 0.191 e. The number of hydrogen-bond donors (Lipinski definition) is 1. The number of carbonyl (C=O) groups excluding carboxylic acids is 1. The second-order valence-corrected chi connectivity index (χ2v) is 9.59. The Kier molecular flexibility index (Phi) is 8.57. The first-order valence-corrected chi connectivity index (χ1v) is 12.9. The molecule has 0 spiro atoms. The number of hydrogen-bond acceptors (Lipinski definition) is 6. The molecule has 1 saturated carbocycles. The Labute approximate surface area is 204 Å². The summed E-state index contributed by atoms with van der Waals surface area (Å²) in [7, 11) is 1.66. The smallest absolute Gasteiger partial charge is 0.191 e. The second-order valence-electron chi connectivity index (χ2n) is 8.53. The van der Waals surface area contributed by atoms with Gasteiger partial charge in [-0.3, -0.25) is 4.79 Å². The largest absolute Gasteiger partial charge is 0.497 e. The van der Waals surface area contributed by atoms with Crippen molar-refractivity contribution in [3.05, 3.63) is 65.7 Å². The molecule has 1 aliphatic rings. The van der Waals surface area contributed by atoms with Crippen molar-refractivity contribution in [2.45, 2.75) is 62.7 Å². The Balaban J connectivity index is 1.38. The second kappa shape index (κ2) is 12.0. The van der Waals surface area contributed by atoms with Crippen molar-refractivity contribution < 1.29 is 13.9 Å². The minimum atomic E-state index is -0.328. The van der Waals surface area contributed by atoms with E-state index in [0.717, 1.165) is 47.4 Å². The molecule has 34 heavy (non-hydrogen) atoms.